The molecule has 2 fully saturated rings. The molecule has 0 saturated carbocycles. The molecule has 152 valence electrons. The van der Waals surface area contributed by atoms with Gasteiger partial charge in [-0.25, -0.2) is 0 Å². The average Bonchev–Trinajstić information content (AvgIpc) is 3.11. The molecule has 0 aliphatic carbocycles. The summed E-state index contributed by atoms with van der Waals surface area (Å²) >= 11 is 0. The van der Waals surface area contributed by atoms with Gasteiger partial charge in [0.2, 0.25) is 5.91 Å². The molecule has 1 aromatic carbocycles. The molecular weight excluding hydrogens is 378 g/mol. The highest BCUT2D eigenvalue weighted by atomic mass is 35.5. The number of benzene rings is 1. The van der Waals surface area contributed by atoms with Crippen molar-refractivity contribution >= 4 is 18.3 Å². The number of carbonyl (C=O) groups is 1. The van der Waals surface area contributed by atoms with E-state index < -0.39 is 0 Å². The van der Waals surface area contributed by atoms with Gasteiger partial charge in [-0.1, -0.05) is 17.3 Å². The number of nitrogens with zero attached hydrogens (tertiary/aromatic N) is 2. The largest absolute Gasteiger partial charge is 0.489 e. The fourth-order valence-electron chi connectivity index (χ4n) is 4.22. The number of fused-ring (bicyclic) bond motifs is 2. The molecule has 2 aromatic rings. The van der Waals surface area contributed by atoms with Gasteiger partial charge in [0, 0.05) is 18.6 Å². The number of aryl methyl sites for hydroxylation is 2. The maximum atomic E-state index is 12.9. The van der Waals surface area contributed by atoms with Crippen LogP contribution in [0.5, 0.6) is 5.75 Å². The van der Waals surface area contributed by atoms with Gasteiger partial charge in [-0.2, -0.15) is 0 Å². The van der Waals surface area contributed by atoms with Crippen LogP contribution in [0, 0.1) is 13.8 Å². The highest BCUT2D eigenvalue weighted by Crippen LogP contribution is 2.28. The van der Waals surface area contributed by atoms with Crippen molar-refractivity contribution in [1.29, 1.82) is 0 Å². The Morgan fingerprint density at radius 2 is 1.96 bits per heavy atom. The zero-order chi connectivity index (χ0) is 18.8. The fourth-order valence-corrected chi connectivity index (χ4v) is 4.22. The Labute approximate surface area is 172 Å². The summed E-state index contributed by atoms with van der Waals surface area (Å²) in [4.78, 5) is 15.0. The molecule has 1 amide bonds. The van der Waals surface area contributed by atoms with Gasteiger partial charge >= 0.3 is 0 Å². The molecular formula is C21H28ClN3O3. The Bertz CT molecular complexity index is 772. The van der Waals surface area contributed by atoms with E-state index in [2.05, 4.69) is 15.4 Å². The topological polar surface area (TPSA) is 67.6 Å². The molecule has 0 spiro atoms. The van der Waals surface area contributed by atoms with E-state index in [9.17, 15) is 4.79 Å². The molecule has 2 saturated heterocycles. The second-order valence-electron chi connectivity index (χ2n) is 7.59. The third-order valence-electron chi connectivity index (χ3n) is 5.79. The molecule has 2 atom stereocenters. The third kappa shape index (κ3) is 4.33. The number of hydrogen-bond acceptors (Lipinski definition) is 5. The molecule has 6 nitrogen and oxygen atoms in total. The van der Waals surface area contributed by atoms with Crippen LogP contribution in [-0.2, 0) is 17.8 Å². The summed E-state index contributed by atoms with van der Waals surface area (Å²) in [5.74, 6) is 1.82. The first-order chi connectivity index (χ1) is 13.1. The van der Waals surface area contributed by atoms with Crippen LogP contribution in [0.15, 0.2) is 28.8 Å². The van der Waals surface area contributed by atoms with Crippen LogP contribution in [0.4, 0.5) is 0 Å². The van der Waals surface area contributed by atoms with Crippen molar-refractivity contribution in [2.45, 2.75) is 58.2 Å². The molecule has 7 heteroatoms. The van der Waals surface area contributed by atoms with Gasteiger partial charge in [0.1, 0.15) is 18.1 Å². The quantitative estimate of drug-likeness (QED) is 0.827. The van der Waals surface area contributed by atoms with Gasteiger partial charge in [0.05, 0.1) is 17.7 Å². The normalized spacial score (nSPS) is 21.1. The highest BCUT2D eigenvalue weighted by Gasteiger charge is 2.37. The summed E-state index contributed by atoms with van der Waals surface area (Å²) < 4.78 is 11.0. The zero-order valence-electron chi connectivity index (χ0n) is 16.4. The summed E-state index contributed by atoms with van der Waals surface area (Å²) in [6.07, 6.45) is 3.79. The van der Waals surface area contributed by atoms with Crippen LogP contribution < -0.4 is 10.1 Å². The van der Waals surface area contributed by atoms with Crippen molar-refractivity contribution in [2.24, 2.45) is 0 Å². The van der Waals surface area contributed by atoms with E-state index in [1.165, 1.54) is 0 Å². The van der Waals surface area contributed by atoms with E-state index in [0.717, 1.165) is 60.7 Å². The molecule has 2 unspecified atom stereocenters. The van der Waals surface area contributed by atoms with Crippen molar-refractivity contribution in [3.63, 3.8) is 0 Å². The van der Waals surface area contributed by atoms with Gasteiger partial charge in [-0.3, -0.25) is 4.79 Å². The highest BCUT2D eigenvalue weighted by molar-refractivity contribution is 5.85. The number of aromatic nitrogens is 1. The minimum atomic E-state index is 0. The van der Waals surface area contributed by atoms with Crippen LogP contribution in [-0.4, -0.2) is 41.1 Å². The van der Waals surface area contributed by atoms with E-state index in [4.69, 9.17) is 9.26 Å². The second kappa shape index (κ2) is 8.97. The van der Waals surface area contributed by atoms with Gasteiger partial charge in [-0.05, 0) is 57.4 Å². The fraction of sp³-hybridized carbons (Fsp3) is 0.524. The summed E-state index contributed by atoms with van der Waals surface area (Å²) in [5, 5.41) is 7.39. The first-order valence-corrected chi connectivity index (χ1v) is 9.77. The van der Waals surface area contributed by atoms with Crippen molar-refractivity contribution in [2.75, 3.05) is 13.1 Å². The number of ether oxygens (including phenoxy) is 1. The van der Waals surface area contributed by atoms with Crippen LogP contribution in [0.25, 0.3) is 0 Å². The number of rotatable bonds is 5. The van der Waals surface area contributed by atoms with Gasteiger partial charge in [0.15, 0.2) is 0 Å². The average molecular weight is 406 g/mol. The Kier molecular flexibility index (Phi) is 6.62. The standard InChI is InChI=1S/C21H27N3O3.ClH/c1-14-20(15(2)27-23-14)13-26-19-7-3-16(4-8-19)11-21(25)24-17-5-6-18(24)12-22-10-9-17;/h3-4,7-8,17-18,22H,5-6,9-13H2,1-2H3;1H. The SMILES string of the molecule is Cc1noc(C)c1COc1ccc(CC(=O)N2C3CCNCC2CC3)cc1.Cl. The zero-order valence-corrected chi connectivity index (χ0v) is 17.3. The Balaban J connectivity index is 0.00000225. The summed E-state index contributed by atoms with van der Waals surface area (Å²) in [5.41, 5.74) is 2.87. The number of nitrogens with one attached hydrogen (secondary N) is 1. The molecule has 1 N–H and O–H groups in total. The molecule has 1 aromatic heterocycles. The third-order valence-corrected chi connectivity index (χ3v) is 5.79. The van der Waals surface area contributed by atoms with Crippen molar-refractivity contribution in [3.05, 3.63) is 46.8 Å². The van der Waals surface area contributed by atoms with Crippen molar-refractivity contribution in [1.82, 2.24) is 15.4 Å². The summed E-state index contributed by atoms with van der Waals surface area (Å²) in [6, 6.07) is 8.60. The van der Waals surface area contributed by atoms with Crippen LogP contribution >= 0.6 is 12.4 Å². The summed E-state index contributed by atoms with van der Waals surface area (Å²) in [6.45, 7) is 6.18. The Hall–Kier alpha value is -2.05. The number of halogens is 1. The lowest BCUT2D eigenvalue weighted by atomic mass is 10.1. The number of amides is 1. The lowest BCUT2D eigenvalue weighted by Crippen LogP contribution is -2.43. The molecule has 3 heterocycles. The lowest BCUT2D eigenvalue weighted by molar-refractivity contribution is -0.133. The molecule has 2 aliphatic rings. The Morgan fingerprint density at radius 3 is 2.68 bits per heavy atom. The van der Waals surface area contributed by atoms with Crippen molar-refractivity contribution in [3.8, 4) is 5.75 Å². The minimum absolute atomic E-state index is 0. The second-order valence-corrected chi connectivity index (χ2v) is 7.59. The molecule has 28 heavy (non-hydrogen) atoms. The minimum Gasteiger partial charge on any atom is -0.489 e. The van der Waals surface area contributed by atoms with Gasteiger partial charge in [-0.15, -0.1) is 12.4 Å². The first-order valence-electron chi connectivity index (χ1n) is 9.77. The maximum Gasteiger partial charge on any atom is 0.227 e. The predicted molar refractivity (Wildman–Crippen MR) is 109 cm³/mol. The number of hydrogen-bond donors (Lipinski definition) is 1. The molecule has 2 bridgehead atoms. The smallest absolute Gasteiger partial charge is 0.227 e. The molecule has 0 radical (unpaired) electrons. The number of carbonyl (C=O) groups excluding carboxylic acids is 1. The first kappa shape index (κ1) is 20.7. The van der Waals surface area contributed by atoms with Crippen LogP contribution in [0.1, 0.15) is 41.8 Å². The molecule has 2 aliphatic heterocycles. The van der Waals surface area contributed by atoms with E-state index in [1.54, 1.807) is 0 Å². The van der Waals surface area contributed by atoms with Gasteiger partial charge < -0.3 is 19.5 Å². The van der Waals surface area contributed by atoms with E-state index >= 15 is 0 Å². The van der Waals surface area contributed by atoms with E-state index in [-0.39, 0.29) is 18.3 Å². The van der Waals surface area contributed by atoms with E-state index in [0.29, 0.717) is 25.1 Å². The van der Waals surface area contributed by atoms with Gasteiger partial charge in [0.25, 0.3) is 0 Å². The Morgan fingerprint density at radius 1 is 1.21 bits per heavy atom. The van der Waals surface area contributed by atoms with E-state index in [1.807, 2.05) is 38.1 Å². The monoisotopic (exact) mass is 405 g/mol. The molecule has 4 rings (SSSR count). The lowest BCUT2D eigenvalue weighted by Gasteiger charge is -2.28. The van der Waals surface area contributed by atoms with Crippen molar-refractivity contribution < 1.29 is 14.1 Å². The van der Waals surface area contributed by atoms with Crippen LogP contribution in [0.2, 0.25) is 0 Å². The summed E-state index contributed by atoms with van der Waals surface area (Å²) in [7, 11) is 0. The maximum absolute atomic E-state index is 12.9. The van der Waals surface area contributed by atoms with Crippen LogP contribution in [0.3, 0.4) is 0 Å². The predicted octanol–water partition coefficient (Wildman–Crippen LogP) is 3.19.